The molecule has 2 rings (SSSR count). The second-order valence-corrected chi connectivity index (χ2v) is 4.10. The summed E-state index contributed by atoms with van der Waals surface area (Å²) in [6.45, 7) is 11.7. The van der Waals surface area contributed by atoms with E-state index in [4.69, 9.17) is 4.74 Å². The molecule has 1 fully saturated rings. The molecule has 118 valence electrons. The van der Waals surface area contributed by atoms with E-state index in [0.717, 1.165) is 31.9 Å². The molecule has 0 N–H and O–H groups in total. The van der Waals surface area contributed by atoms with Gasteiger partial charge in [-0.25, -0.2) is 0 Å². The van der Waals surface area contributed by atoms with E-state index in [1.54, 1.807) is 6.08 Å². The summed E-state index contributed by atoms with van der Waals surface area (Å²) >= 11 is 0. The average molecular weight is 291 g/mol. The van der Waals surface area contributed by atoms with Crippen molar-refractivity contribution in [3.63, 3.8) is 0 Å². The highest BCUT2D eigenvalue weighted by atomic mass is 16.5. The van der Waals surface area contributed by atoms with Crippen LogP contribution in [0.4, 0.5) is 0 Å². The molecule has 0 atom stereocenters. The Hall–Kier alpha value is -1.45. The van der Waals surface area contributed by atoms with Gasteiger partial charge in [0.2, 0.25) is 0 Å². The summed E-state index contributed by atoms with van der Waals surface area (Å²) in [5.74, 6) is 0.149. The van der Waals surface area contributed by atoms with Crippen molar-refractivity contribution in [2.45, 2.75) is 27.7 Å². The zero-order chi connectivity index (χ0) is 15.9. The molecular weight excluding hydrogens is 262 g/mol. The van der Waals surface area contributed by atoms with Gasteiger partial charge in [-0.2, -0.15) is 0 Å². The predicted octanol–water partition coefficient (Wildman–Crippen LogP) is 3.65. The van der Waals surface area contributed by atoms with E-state index in [-0.39, 0.29) is 5.78 Å². The Bertz CT molecular complexity index is 381. The number of hydrogen-bond acceptors (Lipinski definition) is 3. The lowest BCUT2D eigenvalue weighted by atomic mass is 10.2. The molecule has 21 heavy (non-hydrogen) atoms. The summed E-state index contributed by atoms with van der Waals surface area (Å²) in [6.07, 6.45) is 3.52. The van der Waals surface area contributed by atoms with Crippen LogP contribution in [0.1, 0.15) is 33.3 Å². The highest BCUT2D eigenvalue weighted by Crippen LogP contribution is 2.02. The van der Waals surface area contributed by atoms with Crippen LogP contribution in [0.25, 0.3) is 6.08 Å². The molecular formula is C18H29NO2. The number of benzene rings is 1. The van der Waals surface area contributed by atoms with Gasteiger partial charge in [0.05, 0.1) is 19.8 Å². The number of carbonyl (C=O) groups is 1. The molecule has 0 aliphatic carbocycles. The zero-order valence-corrected chi connectivity index (χ0v) is 13.8. The summed E-state index contributed by atoms with van der Waals surface area (Å²) in [6, 6.07) is 9.86. The van der Waals surface area contributed by atoms with E-state index in [1.165, 1.54) is 0 Å². The Morgan fingerprint density at radius 2 is 1.67 bits per heavy atom. The first kappa shape index (κ1) is 19.6. The predicted molar refractivity (Wildman–Crippen MR) is 90.4 cm³/mol. The molecule has 0 aromatic heterocycles. The normalized spacial score (nSPS) is 14.7. The highest BCUT2D eigenvalue weighted by Gasteiger charge is 2.12. The Kier molecular flexibility index (Phi) is 12.6. The number of nitrogens with zero attached hydrogens (tertiary/aromatic N) is 1. The van der Waals surface area contributed by atoms with Crippen LogP contribution in [0.15, 0.2) is 36.4 Å². The quantitative estimate of drug-likeness (QED) is 0.793. The fraction of sp³-hybridized carbons (Fsp3) is 0.500. The molecule has 1 aliphatic heterocycles. The van der Waals surface area contributed by atoms with Gasteiger partial charge in [-0.1, -0.05) is 64.1 Å². The number of ketones is 1. The van der Waals surface area contributed by atoms with E-state index in [0.29, 0.717) is 6.54 Å². The minimum atomic E-state index is 0.149. The van der Waals surface area contributed by atoms with Crippen LogP contribution in [0.3, 0.4) is 0 Å². The standard InChI is InChI=1S/C14H17NO2.2C2H6/c16-14(12-15-8-10-17-11-9-15)7-6-13-4-2-1-3-5-13;2*1-2/h1-7H,8-12H2;2*1-2H3/b7-6+;;. The second kappa shape index (κ2) is 13.5. The first-order chi connectivity index (χ1) is 10.3. The molecule has 1 heterocycles. The highest BCUT2D eigenvalue weighted by molar-refractivity contribution is 5.95. The fourth-order valence-electron chi connectivity index (χ4n) is 1.79. The Morgan fingerprint density at radius 3 is 2.24 bits per heavy atom. The number of morpholine rings is 1. The minimum absolute atomic E-state index is 0.149. The number of carbonyl (C=O) groups excluding carboxylic acids is 1. The number of ether oxygens (including phenoxy) is 1. The van der Waals surface area contributed by atoms with E-state index in [9.17, 15) is 4.79 Å². The van der Waals surface area contributed by atoms with Crippen molar-refractivity contribution in [3.8, 4) is 0 Å². The molecule has 3 heteroatoms. The SMILES string of the molecule is CC.CC.O=C(/C=C/c1ccccc1)CN1CCOCC1. The molecule has 3 nitrogen and oxygen atoms in total. The van der Waals surface area contributed by atoms with Gasteiger partial charge < -0.3 is 4.74 Å². The van der Waals surface area contributed by atoms with Crippen LogP contribution in [0.2, 0.25) is 0 Å². The van der Waals surface area contributed by atoms with Crippen molar-refractivity contribution >= 4 is 11.9 Å². The van der Waals surface area contributed by atoms with Crippen LogP contribution >= 0.6 is 0 Å². The molecule has 0 saturated carbocycles. The van der Waals surface area contributed by atoms with Gasteiger partial charge >= 0.3 is 0 Å². The summed E-state index contributed by atoms with van der Waals surface area (Å²) in [5.41, 5.74) is 1.06. The van der Waals surface area contributed by atoms with E-state index in [2.05, 4.69) is 4.90 Å². The first-order valence-corrected chi connectivity index (χ1v) is 7.91. The van der Waals surface area contributed by atoms with Gasteiger partial charge in [0.25, 0.3) is 0 Å². The molecule has 0 spiro atoms. The van der Waals surface area contributed by atoms with Gasteiger partial charge in [0.15, 0.2) is 5.78 Å². The molecule has 0 bridgehead atoms. The molecule has 1 aromatic carbocycles. The lowest BCUT2D eigenvalue weighted by Gasteiger charge is -2.25. The fourth-order valence-corrected chi connectivity index (χ4v) is 1.79. The van der Waals surface area contributed by atoms with E-state index >= 15 is 0 Å². The van der Waals surface area contributed by atoms with Crippen LogP contribution in [-0.2, 0) is 9.53 Å². The maximum Gasteiger partial charge on any atom is 0.169 e. The third-order valence-corrected chi connectivity index (χ3v) is 2.74. The van der Waals surface area contributed by atoms with Crippen molar-refractivity contribution in [2.24, 2.45) is 0 Å². The van der Waals surface area contributed by atoms with Crippen molar-refractivity contribution in [3.05, 3.63) is 42.0 Å². The van der Waals surface area contributed by atoms with Gasteiger partial charge in [0.1, 0.15) is 0 Å². The van der Waals surface area contributed by atoms with Gasteiger partial charge in [-0.3, -0.25) is 9.69 Å². The first-order valence-electron chi connectivity index (χ1n) is 7.91. The van der Waals surface area contributed by atoms with Crippen molar-refractivity contribution in [1.82, 2.24) is 4.90 Å². The van der Waals surface area contributed by atoms with Crippen LogP contribution in [-0.4, -0.2) is 43.5 Å². The van der Waals surface area contributed by atoms with E-state index in [1.807, 2.05) is 64.1 Å². The van der Waals surface area contributed by atoms with Crippen molar-refractivity contribution in [2.75, 3.05) is 32.8 Å². The molecule has 0 amide bonds. The lowest BCUT2D eigenvalue weighted by Crippen LogP contribution is -2.39. The number of rotatable bonds is 4. The lowest BCUT2D eigenvalue weighted by molar-refractivity contribution is -0.116. The Balaban J connectivity index is 0.000000921. The monoisotopic (exact) mass is 291 g/mol. The van der Waals surface area contributed by atoms with Crippen molar-refractivity contribution < 1.29 is 9.53 Å². The summed E-state index contributed by atoms with van der Waals surface area (Å²) in [4.78, 5) is 13.8. The largest absolute Gasteiger partial charge is 0.379 e. The third kappa shape index (κ3) is 9.16. The second-order valence-electron chi connectivity index (χ2n) is 4.10. The number of hydrogen-bond donors (Lipinski definition) is 0. The average Bonchev–Trinajstić information content (AvgIpc) is 2.58. The topological polar surface area (TPSA) is 29.5 Å². The van der Waals surface area contributed by atoms with E-state index < -0.39 is 0 Å². The molecule has 1 saturated heterocycles. The minimum Gasteiger partial charge on any atom is -0.379 e. The summed E-state index contributed by atoms with van der Waals surface area (Å²) in [7, 11) is 0. The van der Waals surface area contributed by atoms with Gasteiger partial charge in [-0.15, -0.1) is 0 Å². The van der Waals surface area contributed by atoms with Crippen LogP contribution in [0.5, 0.6) is 0 Å². The smallest absolute Gasteiger partial charge is 0.169 e. The summed E-state index contributed by atoms with van der Waals surface area (Å²) in [5, 5.41) is 0. The molecule has 1 aromatic rings. The molecule has 1 aliphatic rings. The molecule has 0 unspecified atom stereocenters. The van der Waals surface area contributed by atoms with Crippen molar-refractivity contribution in [1.29, 1.82) is 0 Å². The maximum atomic E-state index is 11.7. The Labute approximate surface area is 129 Å². The maximum absolute atomic E-state index is 11.7. The van der Waals surface area contributed by atoms with Crippen LogP contribution < -0.4 is 0 Å². The van der Waals surface area contributed by atoms with Crippen LogP contribution in [0, 0.1) is 0 Å². The molecule has 0 radical (unpaired) electrons. The van der Waals surface area contributed by atoms with Gasteiger partial charge in [0, 0.05) is 13.1 Å². The Morgan fingerprint density at radius 1 is 1.10 bits per heavy atom. The summed E-state index contributed by atoms with van der Waals surface area (Å²) < 4.78 is 5.24. The zero-order valence-electron chi connectivity index (χ0n) is 13.8. The van der Waals surface area contributed by atoms with Gasteiger partial charge in [-0.05, 0) is 11.6 Å². The third-order valence-electron chi connectivity index (χ3n) is 2.74.